The Morgan fingerprint density at radius 2 is 1.33 bits per heavy atom. The van der Waals surface area contributed by atoms with Crippen LogP contribution in [0.5, 0.6) is 0 Å². The summed E-state index contributed by atoms with van der Waals surface area (Å²) in [6, 6.07) is 0. The van der Waals surface area contributed by atoms with Gasteiger partial charge in [0, 0.05) is 6.42 Å². The zero-order valence-corrected chi connectivity index (χ0v) is 12.9. The zero-order chi connectivity index (χ0) is 13.5. The van der Waals surface area contributed by atoms with Crippen molar-refractivity contribution in [1.29, 1.82) is 0 Å². The van der Waals surface area contributed by atoms with E-state index in [4.69, 9.17) is 17.0 Å². The molecule has 0 aromatic heterocycles. The minimum atomic E-state index is 0.681. The van der Waals surface area contributed by atoms with Crippen molar-refractivity contribution in [2.45, 2.75) is 84.0 Å². The van der Waals surface area contributed by atoms with Crippen molar-refractivity contribution >= 4 is 17.3 Å². The maximum absolute atomic E-state index is 5.03. The number of unbranched alkanes of at least 4 members (excludes halogenated alkanes) is 10. The molecular weight excluding hydrogens is 240 g/mol. The van der Waals surface area contributed by atoms with Crippen LogP contribution in [0.2, 0.25) is 0 Å². The summed E-state index contributed by atoms with van der Waals surface area (Å²) in [5, 5.41) is 0.681. The van der Waals surface area contributed by atoms with E-state index in [0.717, 1.165) is 12.8 Å². The molecule has 0 aliphatic carbocycles. The number of hydrogen-bond donors (Lipinski definition) is 0. The van der Waals surface area contributed by atoms with Crippen molar-refractivity contribution in [3.8, 4) is 0 Å². The lowest BCUT2D eigenvalue weighted by Crippen LogP contribution is -1.95. The number of ether oxygens (including phenoxy) is 1. The molecule has 2 heteroatoms. The number of thiocarbonyl (C=S) groups is 1. The molecule has 0 spiro atoms. The van der Waals surface area contributed by atoms with Crippen LogP contribution in [0.3, 0.4) is 0 Å². The molecule has 106 valence electrons. The second-order valence-electron chi connectivity index (χ2n) is 4.94. The van der Waals surface area contributed by atoms with E-state index in [9.17, 15) is 0 Å². The van der Waals surface area contributed by atoms with Gasteiger partial charge < -0.3 is 4.74 Å². The maximum Gasteiger partial charge on any atom is 0.166 e. The third kappa shape index (κ3) is 13.7. The first-order chi connectivity index (χ1) is 8.81. The monoisotopic (exact) mass is 270 g/mol. The Morgan fingerprint density at radius 1 is 0.889 bits per heavy atom. The molecular formula is C16H30OS. The molecule has 0 aromatic rings. The van der Waals surface area contributed by atoms with Crippen molar-refractivity contribution < 1.29 is 4.74 Å². The Labute approximate surface area is 119 Å². The van der Waals surface area contributed by atoms with Gasteiger partial charge in [-0.15, -0.1) is 0 Å². The summed E-state index contributed by atoms with van der Waals surface area (Å²) in [5.41, 5.74) is 0. The van der Waals surface area contributed by atoms with E-state index in [0.29, 0.717) is 5.05 Å². The quantitative estimate of drug-likeness (QED) is 0.225. The summed E-state index contributed by atoms with van der Waals surface area (Å²) in [6.07, 6.45) is 17.3. The van der Waals surface area contributed by atoms with Crippen molar-refractivity contribution in [2.75, 3.05) is 0 Å². The summed E-state index contributed by atoms with van der Waals surface area (Å²) in [7, 11) is 0. The van der Waals surface area contributed by atoms with Gasteiger partial charge in [-0.2, -0.15) is 0 Å². The van der Waals surface area contributed by atoms with Crippen LogP contribution in [0, 0.1) is 0 Å². The molecule has 0 saturated carbocycles. The Kier molecular flexibility index (Phi) is 14.4. The highest BCUT2D eigenvalue weighted by molar-refractivity contribution is 7.80. The second kappa shape index (κ2) is 14.7. The van der Waals surface area contributed by atoms with Gasteiger partial charge in [0.25, 0.3) is 0 Å². The van der Waals surface area contributed by atoms with Gasteiger partial charge in [0.15, 0.2) is 5.05 Å². The topological polar surface area (TPSA) is 9.23 Å². The summed E-state index contributed by atoms with van der Waals surface area (Å²) in [4.78, 5) is 0. The van der Waals surface area contributed by atoms with Crippen molar-refractivity contribution in [1.82, 2.24) is 0 Å². The fraction of sp³-hybridized carbons (Fsp3) is 0.812. The molecule has 0 amide bonds. The molecule has 0 aliphatic heterocycles. The molecule has 0 rings (SSSR count). The normalized spacial score (nSPS) is 10.3. The van der Waals surface area contributed by atoms with Crippen LogP contribution in [0.1, 0.15) is 84.0 Å². The van der Waals surface area contributed by atoms with Crippen LogP contribution in [-0.4, -0.2) is 5.05 Å². The molecule has 0 fully saturated rings. The highest BCUT2D eigenvalue weighted by atomic mass is 32.1. The first-order valence-electron chi connectivity index (χ1n) is 7.61. The molecule has 0 atom stereocenters. The molecule has 18 heavy (non-hydrogen) atoms. The molecule has 1 nitrogen and oxygen atoms in total. The SMILES string of the molecule is C=COC(=S)CCCCCCCCCCCCC. The third-order valence-corrected chi connectivity index (χ3v) is 3.50. The molecule has 0 aliphatic rings. The summed E-state index contributed by atoms with van der Waals surface area (Å²) < 4.78 is 5.03. The first-order valence-corrected chi connectivity index (χ1v) is 8.02. The Balaban J connectivity index is 3.03. The van der Waals surface area contributed by atoms with Gasteiger partial charge in [-0.05, 0) is 18.6 Å². The highest BCUT2D eigenvalue weighted by Gasteiger charge is 1.96. The zero-order valence-electron chi connectivity index (χ0n) is 12.1. The van der Waals surface area contributed by atoms with Crippen LogP contribution in [0.15, 0.2) is 12.8 Å². The lowest BCUT2D eigenvalue weighted by Gasteiger charge is -2.03. The predicted octanol–water partition coefficient (Wildman–Crippen LogP) is 6.18. The van der Waals surface area contributed by atoms with Crippen LogP contribution in [0.25, 0.3) is 0 Å². The Hall–Kier alpha value is -0.370. The van der Waals surface area contributed by atoms with E-state index in [1.807, 2.05) is 0 Å². The highest BCUT2D eigenvalue weighted by Crippen LogP contribution is 2.12. The Bertz CT molecular complexity index is 201. The fourth-order valence-electron chi connectivity index (χ4n) is 2.09. The number of hydrogen-bond acceptors (Lipinski definition) is 2. The predicted molar refractivity (Wildman–Crippen MR) is 85.0 cm³/mol. The summed E-state index contributed by atoms with van der Waals surface area (Å²) >= 11 is 5.03. The maximum atomic E-state index is 5.03. The van der Waals surface area contributed by atoms with Gasteiger partial charge >= 0.3 is 0 Å². The summed E-state index contributed by atoms with van der Waals surface area (Å²) in [5.74, 6) is 0. The van der Waals surface area contributed by atoms with E-state index < -0.39 is 0 Å². The first kappa shape index (κ1) is 17.6. The molecule has 0 radical (unpaired) electrons. The van der Waals surface area contributed by atoms with Gasteiger partial charge in [-0.25, -0.2) is 0 Å². The van der Waals surface area contributed by atoms with E-state index >= 15 is 0 Å². The van der Waals surface area contributed by atoms with Crippen LogP contribution < -0.4 is 0 Å². The van der Waals surface area contributed by atoms with Crippen LogP contribution >= 0.6 is 12.2 Å². The Morgan fingerprint density at radius 3 is 1.78 bits per heavy atom. The standard InChI is InChI=1S/C16H30OS/c1-3-5-6-7-8-9-10-11-12-13-14-15-16(18)17-4-2/h4H,2-3,5-15H2,1H3. The average Bonchev–Trinajstić information content (AvgIpc) is 2.36. The van der Waals surface area contributed by atoms with E-state index in [-0.39, 0.29) is 0 Å². The third-order valence-electron chi connectivity index (χ3n) is 3.20. The second-order valence-corrected chi connectivity index (χ2v) is 5.40. The van der Waals surface area contributed by atoms with Crippen molar-refractivity contribution in [2.24, 2.45) is 0 Å². The van der Waals surface area contributed by atoms with Gasteiger partial charge in [0.1, 0.15) is 0 Å². The smallest absolute Gasteiger partial charge is 0.166 e. The van der Waals surface area contributed by atoms with Crippen LogP contribution in [-0.2, 0) is 4.74 Å². The molecule has 0 heterocycles. The molecule has 0 unspecified atom stereocenters. The minimum absolute atomic E-state index is 0.681. The lowest BCUT2D eigenvalue weighted by atomic mass is 10.1. The fourth-order valence-corrected chi connectivity index (χ4v) is 2.30. The largest absolute Gasteiger partial charge is 0.459 e. The van der Waals surface area contributed by atoms with Gasteiger partial charge in [0.2, 0.25) is 0 Å². The van der Waals surface area contributed by atoms with E-state index in [1.165, 1.54) is 70.5 Å². The van der Waals surface area contributed by atoms with Gasteiger partial charge in [-0.3, -0.25) is 0 Å². The molecule has 0 saturated heterocycles. The van der Waals surface area contributed by atoms with E-state index in [2.05, 4.69) is 13.5 Å². The number of rotatable bonds is 13. The van der Waals surface area contributed by atoms with Crippen molar-refractivity contribution in [3.05, 3.63) is 12.8 Å². The van der Waals surface area contributed by atoms with E-state index in [1.54, 1.807) is 0 Å². The molecule has 0 N–H and O–H groups in total. The van der Waals surface area contributed by atoms with Gasteiger partial charge in [0.05, 0.1) is 6.26 Å². The molecule has 0 bridgehead atoms. The average molecular weight is 270 g/mol. The lowest BCUT2D eigenvalue weighted by molar-refractivity contribution is 0.465. The van der Waals surface area contributed by atoms with Gasteiger partial charge in [-0.1, -0.05) is 77.7 Å². The minimum Gasteiger partial charge on any atom is -0.459 e. The molecule has 0 aromatic carbocycles. The summed E-state index contributed by atoms with van der Waals surface area (Å²) in [6.45, 7) is 5.77. The van der Waals surface area contributed by atoms with Crippen LogP contribution in [0.4, 0.5) is 0 Å². The van der Waals surface area contributed by atoms with Crippen molar-refractivity contribution in [3.63, 3.8) is 0 Å².